The molecule has 0 aliphatic rings. The van der Waals surface area contributed by atoms with Crippen LogP contribution in [0.3, 0.4) is 0 Å². The maximum absolute atomic E-state index is 4.25. The van der Waals surface area contributed by atoms with Crippen LogP contribution in [-0.4, -0.2) is 16.6 Å². The Morgan fingerprint density at radius 1 is 1.32 bits per heavy atom. The number of aryl methyl sites for hydroxylation is 1. The largest absolute Gasteiger partial charge is 0.312 e. The van der Waals surface area contributed by atoms with Gasteiger partial charge in [0.25, 0.3) is 0 Å². The summed E-state index contributed by atoms with van der Waals surface area (Å²) in [7, 11) is 2.00. The Kier molecular flexibility index (Phi) is 5.48. The van der Waals surface area contributed by atoms with Gasteiger partial charge in [-0.05, 0) is 49.1 Å². The second-order valence-corrected chi connectivity index (χ2v) is 6.21. The lowest BCUT2D eigenvalue weighted by atomic mass is 10.0. The molecule has 2 aromatic rings. The van der Waals surface area contributed by atoms with E-state index in [1.54, 1.807) is 0 Å². The van der Waals surface area contributed by atoms with E-state index >= 15 is 0 Å². The van der Waals surface area contributed by atoms with Crippen LogP contribution < -0.4 is 5.32 Å². The molecule has 0 fully saturated rings. The highest BCUT2D eigenvalue weighted by molar-refractivity contribution is 9.10. The van der Waals surface area contributed by atoms with Crippen molar-refractivity contribution in [2.45, 2.75) is 32.2 Å². The van der Waals surface area contributed by atoms with Crippen LogP contribution in [0.5, 0.6) is 0 Å². The topological polar surface area (TPSA) is 37.8 Å². The van der Waals surface area contributed by atoms with Crippen LogP contribution in [0.15, 0.2) is 28.7 Å². The Labute approximate surface area is 126 Å². The van der Waals surface area contributed by atoms with Crippen LogP contribution in [0.4, 0.5) is 0 Å². The van der Waals surface area contributed by atoms with Gasteiger partial charge >= 0.3 is 0 Å². The molecule has 0 aliphatic carbocycles. The Morgan fingerprint density at radius 2 is 2.05 bits per heavy atom. The molecule has 0 aliphatic heterocycles. The minimum atomic E-state index is 0.294. The van der Waals surface area contributed by atoms with Gasteiger partial charge in [0.1, 0.15) is 0 Å². The zero-order valence-corrected chi connectivity index (χ0v) is 13.6. The fourth-order valence-corrected chi connectivity index (χ4v) is 3.14. The van der Waals surface area contributed by atoms with Crippen molar-refractivity contribution in [1.29, 1.82) is 0 Å². The molecule has 1 aromatic heterocycles. The number of likely N-dealkylation sites (N-methyl/N-ethyl adjacent to an activating group) is 1. The SMILES string of the molecule is CCCc1nnsc1C(Cc1ccc(Br)cc1)NC. The Bertz CT molecular complexity index is 510. The van der Waals surface area contributed by atoms with Gasteiger partial charge in [-0.2, -0.15) is 0 Å². The lowest BCUT2D eigenvalue weighted by Crippen LogP contribution is -2.19. The van der Waals surface area contributed by atoms with E-state index in [4.69, 9.17) is 0 Å². The summed E-state index contributed by atoms with van der Waals surface area (Å²) in [5.41, 5.74) is 2.46. The van der Waals surface area contributed by atoms with E-state index in [1.165, 1.54) is 22.0 Å². The molecule has 102 valence electrons. The summed E-state index contributed by atoms with van der Waals surface area (Å²) in [4.78, 5) is 1.27. The summed E-state index contributed by atoms with van der Waals surface area (Å²) in [6.07, 6.45) is 3.07. The zero-order chi connectivity index (χ0) is 13.7. The highest BCUT2D eigenvalue weighted by Gasteiger charge is 2.17. The molecule has 1 unspecified atom stereocenters. The maximum Gasteiger partial charge on any atom is 0.0803 e. The van der Waals surface area contributed by atoms with Crippen LogP contribution in [-0.2, 0) is 12.8 Å². The Hall–Kier alpha value is -0.780. The van der Waals surface area contributed by atoms with Crippen molar-refractivity contribution < 1.29 is 0 Å². The van der Waals surface area contributed by atoms with Crippen LogP contribution in [0, 0.1) is 0 Å². The van der Waals surface area contributed by atoms with Gasteiger partial charge in [-0.1, -0.05) is 45.9 Å². The molecule has 19 heavy (non-hydrogen) atoms. The number of nitrogens with zero attached hydrogens (tertiary/aromatic N) is 2. The lowest BCUT2D eigenvalue weighted by molar-refractivity contribution is 0.593. The zero-order valence-electron chi connectivity index (χ0n) is 11.2. The molecule has 0 saturated heterocycles. The van der Waals surface area contributed by atoms with Gasteiger partial charge in [0.05, 0.1) is 10.6 Å². The minimum absolute atomic E-state index is 0.294. The Balaban J connectivity index is 2.15. The number of benzene rings is 1. The van der Waals surface area contributed by atoms with Crippen molar-refractivity contribution in [3.8, 4) is 0 Å². The summed E-state index contributed by atoms with van der Waals surface area (Å²) in [6, 6.07) is 8.77. The molecule has 0 saturated carbocycles. The number of hydrogen-bond donors (Lipinski definition) is 1. The van der Waals surface area contributed by atoms with Crippen molar-refractivity contribution in [2.75, 3.05) is 7.05 Å². The Morgan fingerprint density at radius 3 is 2.68 bits per heavy atom. The summed E-state index contributed by atoms with van der Waals surface area (Å²) >= 11 is 4.98. The standard InChI is InChI=1S/C14H18BrN3S/c1-3-4-12-14(19-18-17-12)13(16-2)9-10-5-7-11(15)8-6-10/h5-8,13,16H,3-4,9H2,1-2H3. The molecule has 1 atom stereocenters. The predicted molar refractivity (Wildman–Crippen MR) is 83.6 cm³/mol. The molecule has 1 aromatic carbocycles. The highest BCUT2D eigenvalue weighted by Crippen LogP contribution is 2.25. The third kappa shape index (κ3) is 3.84. The summed E-state index contributed by atoms with van der Waals surface area (Å²) < 4.78 is 5.22. The average molecular weight is 340 g/mol. The van der Waals surface area contributed by atoms with E-state index in [0.717, 1.165) is 29.4 Å². The quantitative estimate of drug-likeness (QED) is 0.870. The number of rotatable bonds is 6. The summed E-state index contributed by atoms with van der Waals surface area (Å²) in [6.45, 7) is 2.17. The third-order valence-electron chi connectivity index (χ3n) is 3.09. The average Bonchev–Trinajstić information content (AvgIpc) is 2.87. The number of aromatic nitrogens is 2. The third-order valence-corrected chi connectivity index (χ3v) is 4.50. The lowest BCUT2D eigenvalue weighted by Gasteiger charge is -2.15. The van der Waals surface area contributed by atoms with Crippen LogP contribution >= 0.6 is 27.5 Å². The van der Waals surface area contributed by atoms with Gasteiger partial charge in [0.15, 0.2) is 0 Å². The fourth-order valence-electron chi connectivity index (χ4n) is 2.07. The van der Waals surface area contributed by atoms with Gasteiger partial charge in [-0.25, -0.2) is 0 Å². The van der Waals surface area contributed by atoms with Gasteiger partial charge < -0.3 is 5.32 Å². The van der Waals surface area contributed by atoms with Crippen molar-refractivity contribution in [3.63, 3.8) is 0 Å². The van der Waals surface area contributed by atoms with Gasteiger partial charge in [0, 0.05) is 10.5 Å². The molecule has 3 nitrogen and oxygen atoms in total. The first-order valence-corrected chi connectivity index (χ1v) is 8.04. The maximum atomic E-state index is 4.25. The predicted octanol–water partition coefficient (Wildman–Crippen LogP) is 3.76. The van der Waals surface area contributed by atoms with Crippen LogP contribution in [0.25, 0.3) is 0 Å². The molecule has 0 spiro atoms. The number of hydrogen-bond acceptors (Lipinski definition) is 4. The summed E-state index contributed by atoms with van der Waals surface area (Å²) in [5.74, 6) is 0. The second-order valence-electron chi connectivity index (χ2n) is 4.51. The molecule has 0 bridgehead atoms. The van der Waals surface area contributed by atoms with E-state index in [0.29, 0.717) is 6.04 Å². The smallest absolute Gasteiger partial charge is 0.0803 e. The van der Waals surface area contributed by atoms with Crippen LogP contribution in [0.1, 0.15) is 35.5 Å². The van der Waals surface area contributed by atoms with E-state index in [-0.39, 0.29) is 0 Å². The van der Waals surface area contributed by atoms with Gasteiger partial charge in [0.2, 0.25) is 0 Å². The molecular weight excluding hydrogens is 322 g/mol. The fraction of sp³-hybridized carbons (Fsp3) is 0.429. The van der Waals surface area contributed by atoms with E-state index < -0.39 is 0 Å². The molecular formula is C14H18BrN3S. The molecule has 5 heteroatoms. The monoisotopic (exact) mass is 339 g/mol. The van der Waals surface area contributed by atoms with E-state index in [2.05, 4.69) is 62.0 Å². The van der Waals surface area contributed by atoms with Gasteiger partial charge in [-0.15, -0.1) is 5.10 Å². The highest BCUT2D eigenvalue weighted by atomic mass is 79.9. The minimum Gasteiger partial charge on any atom is -0.312 e. The summed E-state index contributed by atoms with van der Waals surface area (Å²) in [5, 5.41) is 7.64. The van der Waals surface area contributed by atoms with Crippen molar-refractivity contribution >= 4 is 27.5 Å². The molecule has 1 N–H and O–H groups in total. The van der Waals surface area contributed by atoms with Crippen molar-refractivity contribution in [3.05, 3.63) is 44.9 Å². The first-order valence-electron chi connectivity index (χ1n) is 6.47. The number of halogens is 1. The van der Waals surface area contributed by atoms with E-state index in [1.807, 2.05) is 7.05 Å². The second kappa shape index (κ2) is 7.12. The van der Waals surface area contributed by atoms with E-state index in [9.17, 15) is 0 Å². The molecule has 2 rings (SSSR count). The molecule has 0 amide bonds. The number of nitrogens with one attached hydrogen (secondary N) is 1. The van der Waals surface area contributed by atoms with Gasteiger partial charge in [-0.3, -0.25) is 0 Å². The van der Waals surface area contributed by atoms with Crippen molar-refractivity contribution in [1.82, 2.24) is 14.9 Å². The molecule has 0 radical (unpaired) electrons. The van der Waals surface area contributed by atoms with Crippen LogP contribution in [0.2, 0.25) is 0 Å². The van der Waals surface area contributed by atoms with Crippen molar-refractivity contribution in [2.24, 2.45) is 0 Å². The first-order chi connectivity index (χ1) is 9.24. The molecule has 1 heterocycles. The normalized spacial score (nSPS) is 12.6. The first kappa shape index (κ1) is 14.6.